The zero-order valence-electron chi connectivity index (χ0n) is 10.5. The van der Waals surface area contributed by atoms with E-state index in [1.807, 2.05) is 56.4 Å². The summed E-state index contributed by atoms with van der Waals surface area (Å²) in [5.41, 5.74) is 2.94. The molecule has 2 rings (SSSR count). The Balaban J connectivity index is 2.18. The third-order valence-electron chi connectivity index (χ3n) is 2.83. The van der Waals surface area contributed by atoms with Gasteiger partial charge in [0.2, 0.25) is 12.3 Å². The van der Waals surface area contributed by atoms with E-state index in [9.17, 15) is 4.79 Å². The van der Waals surface area contributed by atoms with Crippen molar-refractivity contribution >= 4 is 17.4 Å². The van der Waals surface area contributed by atoms with Gasteiger partial charge in [-0.15, -0.1) is 0 Å². The summed E-state index contributed by atoms with van der Waals surface area (Å²) in [5.74, 6) is 0.0609. The van der Waals surface area contributed by atoms with Gasteiger partial charge in [-0.1, -0.05) is 29.8 Å². The van der Waals surface area contributed by atoms with E-state index in [1.165, 1.54) is 0 Å². The molecule has 3 heteroatoms. The highest BCUT2D eigenvalue weighted by atomic mass is 35.5. The van der Waals surface area contributed by atoms with E-state index < -0.39 is 0 Å². The third-order valence-corrected chi connectivity index (χ3v) is 3.15. The first-order valence-corrected chi connectivity index (χ1v) is 6.19. The van der Waals surface area contributed by atoms with Crippen LogP contribution in [0.15, 0.2) is 42.6 Å². The van der Waals surface area contributed by atoms with Crippen LogP contribution in [0.4, 0.5) is 0 Å². The van der Waals surface area contributed by atoms with Crippen molar-refractivity contribution in [3.8, 4) is 0 Å². The molecular weight excluding hydrogens is 246 g/mol. The number of aromatic nitrogens is 1. The fraction of sp³-hybridized carbons (Fsp3) is 0.200. The number of benzene rings is 1. The van der Waals surface area contributed by atoms with Crippen molar-refractivity contribution in [3.63, 3.8) is 0 Å². The summed E-state index contributed by atoms with van der Waals surface area (Å²) in [6, 6.07) is 11.4. The normalized spacial score (nSPS) is 10.4. The first-order valence-electron chi connectivity index (χ1n) is 5.82. The van der Waals surface area contributed by atoms with Gasteiger partial charge in [0.05, 0.1) is 0 Å². The molecule has 0 aliphatic carbocycles. The van der Waals surface area contributed by atoms with Gasteiger partial charge in [0, 0.05) is 17.7 Å². The third kappa shape index (κ3) is 2.96. The van der Waals surface area contributed by atoms with Crippen molar-refractivity contribution in [2.45, 2.75) is 20.4 Å². The molecule has 2 nitrogen and oxygen atoms in total. The molecule has 0 radical (unpaired) electrons. The number of carbonyl (C=O) groups excluding carboxylic acids is 1. The molecule has 0 amide bonds. The number of ketones is 1. The molecule has 0 bridgehead atoms. The van der Waals surface area contributed by atoms with Gasteiger partial charge in [0.15, 0.2) is 6.20 Å². The fourth-order valence-electron chi connectivity index (χ4n) is 1.71. The second kappa shape index (κ2) is 5.32. The van der Waals surface area contributed by atoms with Gasteiger partial charge in [-0.05, 0) is 31.0 Å². The van der Waals surface area contributed by atoms with E-state index in [0.717, 1.165) is 11.1 Å². The molecule has 1 heterocycles. The van der Waals surface area contributed by atoms with Crippen LogP contribution >= 0.6 is 11.6 Å². The SMILES string of the molecule is Cc1ccc(C(=O)C[n+]2ccc(C)cc2Cl)cc1. The van der Waals surface area contributed by atoms with E-state index in [2.05, 4.69) is 0 Å². The Morgan fingerprint density at radius 2 is 1.78 bits per heavy atom. The van der Waals surface area contributed by atoms with Crippen molar-refractivity contribution < 1.29 is 9.36 Å². The molecule has 2 aromatic rings. The average Bonchev–Trinajstić information content (AvgIpc) is 2.33. The first-order chi connectivity index (χ1) is 8.56. The van der Waals surface area contributed by atoms with Gasteiger partial charge in [0.25, 0.3) is 5.15 Å². The first kappa shape index (κ1) is 12.8. The summed E-state index contributed by atoms with van der Waals surface area (Å²) >= 11 is 6.10. The predicted molar refractivity (Wildman–Crippen MR) is 71.9 cm³/mol. The Hall–Kier alpha value is -1.67. The van der Waals surface area contributed by atoms with Gasteiger partial charge < -0.3 is 0 Å². The Kier molecular flexibility index (Phi) is 3.78. The Morgan fingerprint density at radius 1 is 1.11 bits per heavy atom. The lowest BCUT2D eigenvalue weighted by Gasteiger charge is -2.01. The summed E-state index contributed by atoms with van der Waals surface area (Å²) in [4.78, 5) is 12.1. The molecule has 0 saturated carbocycles. The Bertz CT molecular complexity index is 576. The van der Waals surface area contributed by atoms with Crippen molar-refractivity contribution in [2.24, 2.45) is 0 Å². The number of hydrogen-bond donors (Lipinski definition) is 0. The smallest absolute Gasteiger partial charge is 0.275 e. The molecular formula is C15H15ClNO+. The van der Waals surface area contributed by atoms with Crippen molar-refractivity contribution in [1.82, 2.24) is 0 Å². The summed E-state index contributed by atoms with van der Waals surface area (Å²) in [6.45, 7) is 4.24. The molecule has 1 aromatic carbocycles. The maximum absolute atomic E-state index is 12.1. The Labute approximate surface area is 112 Å². The van der Waals surface area contributed by atoms with Gasteiger partial charge in [0.1, 0.15) is 0 Å². The quantitative estimate of drug-likeness (QED) is 0.472. The lowest BCUT2D eigenvalue weighted by molar-refractivity contribution is -0.681. The minimum atomic E-state index is 0.0609. The highest BCUT2D eigenvalue weighted by Gasteiger charge is 2.15. The number of nitrogens with zero attached hydrogens (tertiary/aromatic N) is 1. The number of Topliss-reactive ketones (excluding diaryl/α,β-unsaturated/α-hetero) is 1. The van der Waals surface area contributed by atoms with E-state index in [-0.39, 0.29) is 12.3 Å². The molecule has 0 fully saturated rings. The van der Waals surface area contributed by atoms with E-state index in [0.29, 0.717) is 10.7 Å². The summed E-state index contributed by atoms with van der Waals surface area (Å²) in [6.07, 6.45) is 1.84. The predicted octanol–water partition coefficient (Wildman–Crippen LogP) is 3.13. The van der Waals surface area contributed by atoms with Gasteiger partial charge in [-0.2, -0.15) is 4.57 Å². The van der Waals surface area contributed by atoms with Crippen LogP contribution in [0.2, 0.25) is 5.15 Å². The number of hydrogen-bond acceptors (Lipinski definition) is 1. The molecule has 0 unspecified atom stereocenters. The maximum Gasteiger partial charge on any atom is 0.275 e. The number of rotatable bonds is 3. The second-order valence-corrected chi connectivity index (χ2v) is 4.83. The lowest BCUT2D eigenvalue weighted by Crippen LogP contribution is -2.38. The molecule has 92 valence electrons. The average molecular weight is 261 g/mol. The molecule has 0 atom stereocenters. The van der Waals surface area contributed by atoms with Crippen molar-refractivity contribution in [2.75, 3.05) is 0 Å². The molecule has 0 saturated heterocycles. The van der Waals surface area contributed by atoms with Crippen LogP contribution < -0.4 is 4.57 Å². The molecule has 0 aliphatic rings. The summed E-state index contributed by atoms with van der Waals surface area (Å²) < 4.78 is 1.75. The van der Waals surface area contributed by atoms with Gasteiger partial charge in [-0.3, -0.25) is 4.79 Å². The van der Waals surface area contributed by atoms with E-state index in [4.69, 9.17) is 11.6 Å². The summed E-state index contributed by atoms with van der Waals surface area (Å²) in [5, 5.41) is 0.579. The molecule has 0 aliphatic heterocycles. The number of carbonyl (C=O) groups is 1. The van der Waals surface area contributed by atoms with Crippen LogP contribution in [0.25, 0.3) is 0 Å². The number of aryl methyl sites for hydroxylation is 2. The highest BCUT2D eigenvalue weighted by molar-refractivity contribution is 6.28. The zero-order valence-corrected chi connectivity index (χ0v) is 11.2. The van der Waals surface area contributed by atoms with Crippen molar-refractivity contribution in [1.29, 1.82) is 0 Å². The standard InChI is InChI=1S/C15H15ClNO/c1-11-3-5-13(6-4-11)14(18)10-17-8-7-12(2)9-15(17)16/h3-9H,10H2,1-2H3/q+1. The van der Waals surface area contributed by atoms with E-state index >= 15 is 0 Å². The fourth-order valence-corrected chi connectivity index (χ4v) is 2.00. The van der Waals surface area contributed by atoms with Crippen LogP contribution in [0.1, 0.15) is 21.5 Å². The van der Waals surface area contributed by atoms with Crippen LogP contribution in [0, 0.1) is 13.8 Å². The van der Waals surface area contributed by atoms with Gasteiger partial charge >= 0.3 is 0 Å². The van der Waals surface area contributed by atoms with Crippen LogP contribution in [0.3, 0.4) is 0 Å². The number of halogens is 1. The monoisotopic (exact) mass is 260 g/mol. The van der Waals surface area contributed by atoms with Crippen LogP contribution in [-0.4, -0.2) is 5.78 Å². The molecule has 0 N–H and O–H groups in total. The van der Waals surface area contributed by atoms with Gasteiger partial charge in [-0.25, -0.2) is 0 Å². The highest BCUT2D eigenvalue weighted by Crippen LogP contribution is 2.07. The molecule has 1 aromatic heterocycles. The zero-order chi connectivity index (χ0) is 13.1. The van der Waals surface area contributed by atoms with Crippen molar-refractivity contribution in [3.05, 3.63) is 64.4 Å². The second-order valence-electron chi connectivity index (χ2n) is 4.44. The minimum Gasteiger partial charge on any atom is -0.287 e. The minimum absolute atomic E-state index is 0.0609. The van der Waals surface area contributed by atoms with Crippen LogP contribution in [0.5, 0.6) is 0 Å². The number of pyridine rings is 1. The van der Waals surface area contributed by atoms with E-state index in [1.54, 1.807) is 4.57 Å². The molecule has 0 spiro atoms. The topological polar surface area (TPSA) is 20.9 Å². The molecule has 18 heavy (non-hydrogen) atoms. The maximum atomic E-state index is 12.1. The largest absolute Gasteiger partial charge is 0.287 e. The van der Waals surface area contributed by atoms with Crippen LogP contribution in [-0.2, 0) is 6.54 Å². The summed E-state index contributed by atoms with van der Waals surface area (Å²) in [7, 11) is 0. The Morgan fingerprint density at radius 3 is 2.39 bits per heavy atom. The lowest BCUT2D eigenvalue weighted by atomic mass is 10.1.